The summed E-state index contributed by atoms with van der Waals surface area (Å²) in [6, 6.07) is 4.69. The first-order valence-corrected chi connectivity index (χ1v) is 6.09. The number of para-hydroxylation sites is 1. The number of nitrogens with zero attached hydrogens (tertiary/aromatic N) is 1. The molecule has 0 bridgehead atoms. The number of halogens is 1. The molecule has 1 N–H and O–H groups in total. The van der Waals surface area contributed by atoms with E-state index in [1.807, 2.05) is 4.90 Å². The summed E-state index contributed by atoms with van der Waals surface area (Å²) in [7, 11) is 1.43. The molecule has 1 aliphatic heterocycles. The third-order valence-corrected chi connectivity index (χ3v) is 3.07. The minimum Gasteiger partial charge on any atom is -0.492 e. The van der Waals surface area contributed by atoms with Crippen LogP contribution < -0.4 is 10.1 Å². The number of ether oxygens (including phenoxy) is 2. The van der Waals surface area contributed by atoms with Crippen molar-refractivity contribution in [2.75, 3.05) is 38.7 Å². The molecule has 1 aromatic rings. The van der Waals surface area contributed by atoms with E-state index in [0.29, 0.717) is 24.0 Å². The summed E-state index contributed by atoms with van der Waals surface area (Å²) < 4.78 is 23.8. The third-order valence-electron chi connectivity index (χ3n) is 2.71. The summed E-state index contributed by atoms with van der Waals surface area (Å²) in [6.45, 7) is 2.79. The fourth-order valence-electron chi connectivity index (χ4n) is 1.78. The lowest BCUT2D eigenvalue weighted by atomic mass is 10.3. The number of benzene rings is 1. The largest absolute Gasteiger partial charge is 0.492 e. The molecule has 2 rings (SSSR count). The molecule has 18 heavy (non-hydrogen) atoms. The first-order valence-electron chi connectivity index (χ1n) is 5.68. The van der Waals surface area contributed by atoms with Crippen molar-refractivity contribution in [2.24, 2.45) is 0 Å². The van der Waals surface area contributed by atoms with Crippen molar-refractivity contribution in [3.63, 3.8) is 0 Å². The molecule has 98 valence electrons. The van der Waals surface area contributed by atoms with Crippen LogP contribution in [0.1, 0.15) is 0 Å². The average molecular weight is 270 g/mol. The number of thiocarbonyl (C=S) groups is 1. The summed E-state index contributed by atoms with van der Waals surface area (Å²) in [5.74, 6) is -0.236. The molecular weight excluding hydrogens is 255 g/mol. The lowest BCUT2D eigenvalue weighted by molar-refractivity contribution is 0.0690. The van der Waals surface area contributed by atoms with Crippen molar-refractivity contribution < 1.29 is 13.9 Å². The molecule has 0 atom stereocenters. The molecule has 0 unspecified atom stereocenters. The molecule has 1 saturated heterocycles. The molecular formula is C12H15FN2O2S. The summed E-state index contributed by atoms with van der Waals surface area (Å²) in [5, 5.41) is 3.57. The Kier molecular flexibility index (Phi) is 4.33. The molecule has 1 aromatic carbocycles. The molecule has 1 heterocycles. The van der Waals surface area contributed by atoms with Gasteiger partial charge in [0.1, 0.15) is 0 Å². The zero-order valence-corrected chi connectivity index (χ0v) is 10.9. The maximum Gasteiger partial charge on any atom is 0.178 e. The predicted molar refractivity (Wildman–Crippen MR) is 71.6 cm³/mol. The van der Waals surface area contributed by atoms with Gasteiger partial charge in [0.25, 0.3) is 0 Å². The maximum absolute atomic E-state index is 13.5. The van der Waals surface area contributed by atoms with Gasteiger partial charge in [-0.3, -0.25) is 0 Å². The number of morpholine rings is 1. The van der Waals surface area contributed by atoms with Gasteiger partial charge >= 0.3 is 0 Å². The van der Waals surface area contributed by atoms with Gasteiger partial charge in [-0.05, 0) is 24.4 Å². The number of rotatable bonds is 2. The predicted octanol–water partition coefficient (Wildman–Crippen LogP) is 1.86. The van der Waals surface area contributed by atoms with Crippen molar-refractivity contribution >= 4 is 23.0 Å². The van der Waals surface area contributed by atoms with Gasteiger partial charge < -0.3 is 19.7 Å². The minimum absolute atomic E-state index is 0.174. The maximum atomic E-state index is 13.5. The molecule has 0 spiro atoms. The smallest absolute Gasteiger partial charge is 0.178 e. The number of hydrogen-bond donors (Lipinski definition) is 1. The summed E-state index contributed by atoms with van der Waals surface area (Å²) in [5.41, 5.74) is 0.536. The van der Waals surface area contributed by atoms with E-state index < -0.39 is 5.82 Å². The van der Waals surface area contributed by atoms with Gasteiger partial charge in [-0.15, -0.1) is 0 Å². The summed E-state index contributed by atoms with van der Waals surface area (Å²) >= 11 is 5.29. The van der Waals surface area contributed by atoms with Crippen LogP contribution in [0.5, 0.6) is 5.75 Å². The summed E-state index contributed by atoms with van der Waals surface area (Å²) in [6.07, 6.45) is 0. The Morgan fingerprint density at radius 1 is 1.44 bits per heavy atom. The van der Waals surface area contributed by atoms with Crippen molar-refractivity contribution in [2.45, 2.75) is 0 Å². The van der Waals surface area contributed by atoms with Crippen LogP contribution in [0.2, 0.25) is 0 Å². The lowest BCUT2D eigenvalue weighted by Crippen LogP contribution is -2.42. The van der Waals surface area contributed by atoms with E-state index in [4.69, 9.17) is 21.7 Å². The average Bonchev–Trinajstić information content (AvgIpc) is 2.40. The van der Waals surface area contributed by atoms with E-state index in [-0.39, 0.29) is 5.75 Å². The first-order chi connectivity index (χ1) is 8.72. The second-order valence-corrected chi connectivity index (χ2v) is 4.24. The van der Waals surface area contributed by atoms with Crippen molar-refractivity contribution in [3.05, 3.63) is 24.0 Å². The van der Waals surface area contributed by atoms with Gasteiger partial charge in [-0.1, -0.05) is 6.07 Å². The minimum atomic E-state index is -0.410. The van der Waals surface area contributed by atoms with E-state index in [2.05, 4.69) is 5.32 Å². The molecule has 6 heteroatoms. The Morgan fingerprint density at radius 2 is 2.17 bits per heavy atom. The fourth-order valence-corrected chi connectivity index (χ4v) is 2.07. The molecule has 4 nitrogen and oxygen atoms in total. The van der Waals surface area contributed by atoms with Crippen LogP contribution in [0.25, 0.3) is 0 Å². The highest BCUT2D eigenvalue weighted by atomic mass is 32.1. The number of anilines is 1. The Morgan fingerprint density at radius 3 is 2.83 bits per heavy atom. The van der Waals surface area contributed by atoms with Crippen LogP contribution in [-0.4, -0.2) is 43.4 Å². The third kappa shape index (κ3) is 2.88. The molecule has 0 amide bonds. The standard InChI is InChI=1S/C12H15FN2O2S/c1-16-11-9(13)3-2-4-10(11)14-12(18)15-5-7-17-8-6-15/h2-4H,5-8H2,1H3,(H,14,18). The second-order valence-electron chi connectivity index (χ2n) is 3.85. The Hall–Kier alpha value is -1.40. The topological polar surface area (TPSA) is 33.7 Å². The molecule has 0 aliphatic carbocycles. The van der Waals surface area contributed by atoms with Gasteiger partial charge in [0.15, 0.2) is 16.7 Å². The number of nitrogens with one attached hydrogen (secondary N) is 1. The normalized spacial score (nSPS) is 15.3. The van der Waals surface area contributed by atoms with Crippen LogP contribution >= 0.6 is 12.2 Å². The molecule has 1 aliphatic rings. The number of methoxy groups -OCH3 is 1. The molecule has 1 fully saturated rings. The van der Waals surface area contributed by atoms with E-state index in [1.165, 1.54) is 13.2 Å². The van der Waals surface area contributed by atoms with E-state index in [0.717, 1.165) is 13.1 Å². The van der Waals surface area contributed by atoms with E-state index in [1.54, 1.807) is 12.1 Å². The van der Waals surface area contributed by atoms with Crippen molar-refractivity contribution in [3.8, 4) is 5.75 Å². The SMILES string of the molecule is COc1c(F)cccc1NC(=S)N1CCOCC1. The van der Waals surface area contributed by atoms with Crippen LogP contribution in [0.15, 0.2) is 18.2 Å². The van der Waals surface area contributed by atoms with Crippen LogP contribution in [-0.2, 0) is 4.74 Å². The highest BCUT2D eigenvalue weighted by Gasteiger charge is 2.16. The van der Waals surface area contributed by atoms with Gasteiger partial charge in [0.05, 0.1) is 26.0 Å². The van der Waals surface area contributed by atoms with E-state index >= 15 is 0 Å². The van der Waals surface area contributed by atoms with Crippen LogP contribution in [0, 0.1) is 5.82 Å². The Bertz CT molecular complexity index is 436. The zero-order valence-electron chi connectivity index (χ0n) is 10.1. The monoisotopic (exact) mass is 270 g/mol. The lowest BCUT2D eigenvalue weighted by Gasteiger charge is -2.29. The van der Waals surface area contributed by atoms with Crippen LogP contribution in [0.3, 0.4) is 0 Å². The Balaban J connectivity index is 2.08. The van der Waals surface area contributed by atoms with Crippen molar-refractivity contribution in [1.29, 1.82) is 0 Å². The highest BCUT2D eigenvalue weighted by molar-refractivity contribution is 7.80. The van der Waals surface area contributed by atoms with Crippen LogP contribution in [0.4, 0.5) is 10.1 Å². The van der Waals surface area contributed by atoms with Gasteiger partial charge in [0, 0.05) is 13.1 Å². The van der Waals surface area contributed by atoms with Crippen molar-refractivity contribution in [1.82, 2.24) is 4.90 Å². The van der Waals surface area contributed by atoms with Gasteiger partial charge in [0.2, 0.25) is 0 Å². The molecule has 0 aromatic heterocycles. The second kappa shape index (κ2) is 5.97. The van der Waals surface area contributed by atoms with E-state index in [9.17, 15) is 4.39 Å². The van der Waals surface area contributed by atoms with Gasteiger partial charge in [-0.25, -0.2) is 4.39 Å². The highest BCUT2D eigenvalue weighted by Crippen LogP contribution is 2.27. The summed E-state index contributed by atoms with van der Waals surface area (Å²) in [4.78, 5) is 1.99. The number of hydrogen-bond acceptors (Lipinski definition) is 3. The zero-order chi connectivity index (χ0) is 13.0. The quantitative estimate of drug-likeness (QED) is 0.830. The first kappa shape index (κ1) is 13.0. The fraction of sp³-hybridized carbons (Fsp3) is 0.417. The molecule has 0 radical (unpaired) electrons. The van der Waals surface area contributed by atoms with Gasteiger partial charge in [-0.2, -0.15) is 0 Å². The molecule has 0 saturated carbocycles. The Labute approximate surface area is 111 Å².